The number of primary amides is 1. The van der Waals surface area contributed by atoms with Crippen LogP contribution in [0.25, 0.3) is 0 Å². The SMILES string of the molecule is COc1cc2cc(c1Cl)N(C)C(=O)C[C@H](OC(=O)Nc1ccc(NC(=O)[C@H](CCCNC(N)=O)NC(=O)[C@@H](NC(C=O)CCCC(C)OC(=O)C(CBr)CBr)C(C)C)cc1Br)[C@]1(C)O[C@H]1[C@H](C)[C@@H]1C[C@@](O)(NC(=O)O1)[C@H](OC)/C=C/C=C(\C)C2. The molecule has 27 heteroatoms. The van der Waals surface area contributed by atoms with E-state index < -0.39 is 108 Å². The lowest BCUT2D eigenvalue weighted by Gasteiger charge is -2.42. The van der Waals surface area contributed by atoms with Gasteiger partial charge in [-0.05, 0) is 117 Å². The van der Waals surface area contributed by atoms with Crippen LogP contribution < -0.4 is 47.3 Å². The molecule has 2 saturated heterocycles. The van der Waals surface area contributed by atoms with Crippen LogP contribution in [0, 0.1) is 17.8 Å². The highest BCUT2D eigenvalue weighted by molar-refractivity contribution is 9.10. The van der Waals surface area contributed by atoms with Gasteiger partial charge in [-0.25, -0.2) is 14.4 Å². The first-order valence-electron chi connectivity index (χ1n) is 27.5. The number of aldehydes is 1. The number of fused-ring (bicyclic) bond motifs is 5. The van der Waals surface area contributed by atoms with Gasteiger partial charge in [-0.2, -0.15) is 0 Å². The van der Waals surface area contributed by atoms with Crippen molar-refractivity contribution in [3.63, 3.8) is 0 Å². The highest BCUT2D eigenvalue weighted by atomic mass is 79.9. The maximum Gasteiger partial charge on any atom is 0.412 e. The quantitative estimate of drug-likeness (QED) is 0.0125. The van der Waals surface area contributed by atoms with Crippen molar-refractivity contribution in [2.24, 2.45) is 23.5 Å². The number of anilines is 3. The van der Waals surface area contributed by atoms with Crippen molar-refractivity contribution in [1.82, 2.24) is 21.3 Å². The third-order valence-corrected chi connectivity index (χ3v) is 17.5. The van der Waals surface area contributed by atoms with E-state index in [0.29, 0.717) is 54.1 Å². The van der Waals surface area contributed by atoms with E-state index in [-0.39, 0.29) is 64.5 Å². The fourth-order valence-corrected chi connectivity index (χ4v) is 12.4. The number of carbonyl (C=O) groups is 8. The number of carbonyl (C=O) groups excluding carboxylic acids is 8. The Bertz CT molecular complexity index is 2760. The van der Waals surface area contributed by atoms with Crippen molar-refractivity contribution in [3.05, 3.63) is 69.2 Å². The number of ether oxygens (including phenoxy) is 6. The number of rotatable bonds is 24. The molecule has 0 aromatic heterocycles. The summed E-state index contributed by atoms with van der Waals surface area (Å²) in [5, 5.41) is 29.4. The topological polar surface area (TPSA) is 317 Å². The smallest absolute Gasteiger partial charge is 0.412 e. The van der Waals surface area contributed by atoms with Crippen LogP contribution in [-0.4, -0.2) is 152 Å². The Morgan fingerprint density at radius 1 is 1.02 bits per heavy atom. The first-order valence-corrected chi connectivity index (χ1v) is 31.0. The molecule has 9 N–H and O–H groups in total. The fraction of sp³-hybridized carbons (Fsp3) is 0.579. The number of hydrogen-bond donors (Lipinski definition) is 8. The number of nitrogens with zero attached hydrogens (tertiary/aromatic N) is 1. The molecular formula is C57H78Br3ClN8O15. The van der Waals surface area contributed by atoms with E-state index in [4.69, 9.17) is 45.8 Å². The molecule has 11 atom stereocenters. The van der Waals surface area contributed by atoms with Crippen molar-refractivity contribution in [1.29, 1.82) is 0 Å². The Kier molecular flexibility index (Phi) is 26.3. The van der Waals surface area contributed by atoms with E-state index in [2.05, 4.69) is 79.7 Å². The van der Waals surface area contributed by atoms with Gasteiger partial charge in [0.25, 0.3) is 0 Å². The lowest BCUT2D eigenvalue weighted by atomic mass is 9.83. The summed E-state index contributed by atoms with van der Waals surface area (Å²) < 4.78 is 35.3. The van der Waals surface area contributed by atoms with Crippen molar-refractivity contribution in [3.8, 4) is 5.75 Å². The van der Waals surface area contributed by atoms with E-state index in [1.54, 1.807) is 58.9 Å². The van der Waals surface area contributed by atoms with Crippen molar-refractivity contribution >= 4 is 125 Å². The third kappa shape index (κ3) is 19.1. The number of benzene rings is 2. The zero-order valence-electron chi connectivity index (χ0n) is 48.5. The minimum Gasteiger partial charge on any atom is -0.495 e. The van der Waals surface area contributed by atoms with Crippen molar-refractivity contribution in [2.45, 2.75) is 153 Å². The number of alkyl halides is 2. The fourth-order valence-electron chi connectivity index (χ4n) is 9.98. The zero-order chi connectivity index (χ0) is 62.2. The number of hydrogen-bond acceptors (Lipinski definition) is 16. The van der Waals surface area contributed by atoms with Gasteiger partial charge in [-0.15, -0.1) is 0 Å². The van der Waals surface area contributed by atoms with E-state index in [1.807, 2.05) is 13.0 Å². The number of esters is 1. The summed E-state index contributed by atoms with van der Waals surface area (Å²) in [6.45, 7) is 10.8. The number of amides is 7. The van der Waals surface area contributed by atoms with Crippen LogP contribution in [0.5, 0.6) is 5.75 Å². The van der Waals surface area contributed by atoms with Gasteiger partial charge in [0.2, 0.25) is 17.7 Å². The van der Waals surface area contributed by atoms with Crippen LogP contribution >= 0.6 is 59.4 Å². The molecular weight excluding hydrogens is 1310 g/mol. The Morgan fingerprint density at radius 2 is 1.74 bits per heavy atom. The van der Waals surface area contributed by atoms with Crippen LogP contribution in [0.4, 0.5) is 31.4 Å². The van der Waals surface area contributed by atoms with Gasteiger partial charge in [-0.1, -0.05) is 88.0 Å². The molecule has 2 aromatic carbocycles. The largest absolute Gasteiger partial charge is 0.495 e. The number of urea groups is 1. The molecule has 23 nitrogen and oxygen atoms in total. The summed E-state index contributed by atoms with van der Waals surface area (Å²) in [6.07, 6.45) is 1.13. The average Bonchev–Trinajstić information content (AvgIpc) is 1.87. The summed E-state index contributed by atoms with van der Waals surface area (Å²) in [4.78, 5) is 107. The molecule has 2 fully saturated rings. The Morgan fingerprint density at radius 3 is 2.37 bits per heavy atom. The summed E-state index contributed by atoms with van der Waals surface area (Å²) >= 11 is 16.9. The molecule has 3 heterocycles. The molecule has 2 aromatic rings. The molecule has 5 rings (SSSR count). The average molecular weight is 1390 g/mol. The number of nitrogens with one attached hydrogen (secondary N) is 6. The molecule has 0 radical (unpaired) electrons. The lowest BCUT2D eigenvalue weighted by molar-refractivity contribution is -0.152. The van der Waals surface area contributed by atoms with Gasteiger partial charge in [0.05, 0.1) is 55.1 Å². The molecule has 464 valence electrons. The van der Waals surface area contributed by atoms with Crippen molar-refractivity contribution < 1.29 is 71.9 Å². The van der Waals surface area contributed by atoms with Gasteiger partial charge in [0, 0.05) is 53.9 Å². The van der Waals surface area contributed by atoms with E-state index in [1.165, 1.54) is 44.4 Å². The van der Waals surface area contributed by atoms with Gasteiger partial charge in [-0.3, -0.25) is 35.1 Å². The molecule has 84 heavy (non-hydrogen) atoms. The minimum absolute atomic E-state index is 0.0673. The summed E-state index contributed by atoms with van der Waals surface area (Å²) in [5.74, 6) is -3.01. The van der Waals surface area contributed by atoms with Crippen molar-refractivity contribution in [2.75, 3.05) is 54.0 Å². The summed E-state index contributed by atoms with van der Waals surface area (Å²) in [6, 6.07) is 4.45. The Balaban J connectivity index is 1.34. The number of epoxide rings is 1. The highest BCUT2D eigenvalue weighted by Crippen LogP contribution is 2.49. The van der Waals surface area contributed by atoms with Gasteiger partial charge < -0.3 is 64.9 Å². The van der Waals surface area contributed by atoms with Crippen LogP contribution in [-0.2, 0) is 54.1 Å². The number of halogens is 4. The minimum atomic E-state index is -1.90. The monoisotopic (exact) mass is 1390 g/mol. The van der Waals surface area contributed by atoms with Crippen LogP contribution in [0.2, 0.25) is 5.02 Å². The Hall–Kier alpha value is -5.35. The van der Waals surface area contributed by atoms with Gasteiger partial charge >= 0.3 is 24.2 Å². The van der Waals surface area contributed by atoms with Crippen LogP contribution in [0.3, 0.4) is 0 Å². The Labute approximate surface area is 520 Å². The second-order valence-corrected chi connectivity index (χ2v) is 24.3. The number of alkyl carbamates (subject to hydrolysis) is 1. The number of allylic oxidation sites excluding steroid dienone is 3. The predicted octanol–water partition coefficient (Wildman–Crippen LogP) is 7.70. The number of nitrogens with two attached hydrogens (primary N) is 1. The second kappa shape index (κ2) is 31.9. The second-order valence-electron chi connectivity index (χ2n) is 21.8. The molecule has 4 bridgehead atoms. The molecule has 3 aliphatic rings. The molecule has 3 aliphatic heterocycles. The van der Waals surface area contributed by atoms with E-state index in [0.717, 1.165) is 11.1 Å². The van der Waals surface area contributed by atoms with Crippen LogP contribution in [0.1, 0.15) is 92.1 Å². The number of aliphatic hydroxyl groups is 1. The predicted molar refractivity (Wildman–Crippen MR) is 326 cm³/mol. The lowest BCUT2D eigenvalue weighted by Crippen LogP contribution is -2.63. The molecule has 0 saturated carbocycles. The van der Waals surface area contributed by atoms with Crippen LogP contribution in [0.15, 0.2) is 58.6 Å². The molecule has 7 amide bonds. The van der Waals surface area contributed by atoms with Gasteiger partial charge in [0.1, 0.15) is 47.0 Å². The highest BCUT2D eigenvalue weighted by Gasteiger charge is 2.64. The standard InChI is InChI=1S/C57H78Br3ClN8O15/c1-30(2)48(64-37(29-70)15-11-14-32(4)81-52(74)35(27-58)28-59)51(73)66-40(16-12-20-63-53(62)75)50(72)65-36-18-19-39(38(60)24-36)67-54(76)83-45-25-46(71)69(7)41-22-34(23-42(79-8)47(41)61)21-31(3)13-10-17-44(80-9)57(78)26-43(82-55(77)68-57)33(5)49-56(45,6)84-49/h10,13,17-19,22-24,29-30,32-33,35,37,40,43-45,48-49,64,78H,11-12,14-16,20-21,25-28H2,1-9H3,(H,65,72)(H,66,73)(H,67,76)(H,68,77)(H3,62,63,75)/b17-10+,31-13+/t32?,33-,37?,40+,43+,44-,45+,48+,49+,56+,57+/m1/s1. The van der Waals surface area contributed by atoms with Gasteiger partial charge in [0.15, 0.2) is 5.72 Å². The maximum atomic E-state index is 14.4. The molecule has 0 aliphatic carbocycles. The van der Waals surface area contributed by atoms with E-state index >= 15 is 0 Å². The zero-order valence-corrected chi connectivity index (χ0v) is 54.0. The van der Waals surface area contributed by atoms with E-state index in [9.17, 15) is 43.5 Å². The first-order chi connectivity index (χ1) is 39.7. The molecule has 2 unspecified atom stereocenters. The number of methoxy groups -OCH3 is 2. The molecule has 0 spiro atoms. The summed E-state index contributed by atoms with van der Waals surface area (Å²) in [5.41, 5.74) is 4.44. The summed E-state index contributed by atoms with van der Waals surface area (Å²) in [7, 11) is 4.40. The maximum absolute atomic E-state index is 14.4. The third-order valence-electron chi connectivity index (χ3n) is 14.9. The normalized spacial score (nSPS) is 25.0. The first kappa shape index (κ1) is 69.4.